The number of hydrogen-bond donors (Lipinski definition) is 0. The monoisotopic (exact) mass is 380 g/mol. The fourth-order valence-corrected chi connectivity index (χ4v) is 2.87. The summed E-state index contributed by atoms with van der Waals surface area (Å²) >= 11 is 0. The summed E-state index contributed by atoms with van der Waals surface area (Å²) in [4.78, 5) is 24.3. The van der Waals surface area contributed by atoms with Crippen molar-refractivity contribution >= 4 is 16.8 Å². The zero-order valence-electron chi connectivity index (χ0n) is 16.8. The summed E-state index contributed by atoms with van der Waals surface area (Å²) in [6.45, 7) is 7.35. The Morgan fingerprint density at radius 3 is 2.36 bits per heavy atom. The molecule has 0 aliphatic heterocycles. The van der Waals surface area contributed by atoms with Gasteiger partial charge in [0.25, 0.3) is 0 Å². The molecule has 0 spiro atoms. The van der Waals surface area contributed by atoms with Crippen molar-refractivity contribution < 1.29 is 18.7 Å². The molecule has 1 aromatic heterocycles. The SMILES string of the molecule is COc1ccc(-c2cc(=O)oc3c(C)c(OCC(=O)C(C)(C)C)ccc23)cc1. The molecular weight excluding hydrogens is 356 g/mol. The molecule has 0 amide bonds. The van der Waals surface area contributed by atoms with E-state index in [1.54, 1.807) is 13.2 Å². The number of Topliss-reactive ketones (excluding diaryl/α,β-unsaturated/α-hetero) is 1. The Labute approximate surface area is 163 Å². The first-order valence-corrected chi connectivity index (χ1v) is 9.08. The van der Waals surface area contributed by atoms with Gasteiger partial charge >= 0.3 is 5.63 Å². The topological polar surface area (TPSA) is 65.7 Å². The van der Waals surface area contributed by atoms with Gasteiger partial charge in [-0.05, 0) is 42.3 Å². The van der Waals surface area contributed by atoms with Gasteiger partial charge in [-0.25, -0.2) is 4.79 Å². The molecule has 5 heteroatoms. The molecule has 0 saturated heterocycles. The zero-order valence-corrected chi connectivity index (χ0v) is 16.8. The first kappa shape index (κ1) is 19.7. The molecule has 2 aromatic carbocycles. The molecule has 1 heterocycles. The molecule has 0 atom stereocenters. The van der Waals surface area contributed by atoms with E-state index in [1.165, 1.54) is 6.07 Å². The molecule has 0 radical (unpaired) electrons. The number of hydrogen-bond acceptors (Lipinski definition) is 5. The maximum absolute atomic E-state index is 12.2. The van der Waals surface area contributed by atoms with E-state index >= 15 is 0 Å². The highest BCUT2D eigenvalue weighted by molar-refractivity contribution is 5.95. The normalized spacial score (nSPS) is 11.5. The van der Waals surface area contributed by atoms with E-state index in [0.717, 1.165) is 22.3 Å². The number of benzene rings is 2. The standard InChI is InChI=1S/C23H24O5/c1-14-19(27-13-20(24)23(2,3)4)11-10-17-18(12-21(25)28-22(14)17)15-6-8-16(26-5)9-7-15/h6-12H,13H2,1-5H3. The van der Waals surface area contributed by atoms with Gasteiger partial charge in [0.05, 0.1) is 7.11 Å². The van der Waals surface area contributed by atoms with Crippen LogP contribution in [0.2, 0.25) is 0 Å². The van der Waals surface area contributed by atoms with Crippen LogP contribution in [-0.2, 0) is 4.79 Å². The minimum atomic E-state index is -0.473. The van der Waals surface area contributed by atoms with Crippen LogP contribution in [0.15, 0.2) is 51.7 Å². The van der Waals surface area contributed by atoms with Crippen molar-refractivity contribution in [1.29, 1.82) is 0 Å². The second-order valence-electron chi connectivity index (χ2n) is 7.73. The Kier molecular flexibility index (Phi) is 5.27. The van der Waals surface area contributed by atoms with Gasteiger partial charge in [0.2, 0.25) is 0 Å². The predicted octanol–water partition coefficient (Wildman–Crippen LogP) is 4.77. The maximum atomic E-state index is 12.2. The van der Waals surface area contributed by atoms with Gasteiger partial charge in [-0.3, -0.25) is 4.79 Å². The van der Waals surface area contributed by atoms with E-state index in [9.17, 15) is 9.59 Å². The summed E-state index contributed by atoms with van der Waals surface area (Å²) in [6.07, 6.45) is 0. The summed E-state index contributed by atoms with van der Waals surface area (Å²) in [5.74, 6) is 1.27. The Morgan fingerprint density at radius 2 is 1.75 bits per heavy atom. The lowest BCUT2D eigenvalue weighted by molar-refractivity contribution is -0.128. The summed E-state index contributed by atoms with van der Waals surface area (Å²) in [6, 6.07) is 12.6. The molecule has 0 N–H and O–H groups in total. The summed E-state index contributed by atoms with van der Waals surface area (Å²) < 4.78 is 16.4. The fourth-order valence-electron chi connectivity index (χ4n) is 2.87. The van der Waals surface area contributed by atoms with Crippen molar-refractivity contribution in [2.24, 2.45) is 5.41 Å². The largest absolute Gasteiger partial charge is 0.497 e. The van der Waals surface area contributed by atoms with E-state index in [4.69, 9.17) is 13.9 Å². The van der Waals surface area contributed by atoms with Crippen LogP contribution in [0.1, 0.15) is 26.3 Å². The molecule has 5 nitrogen and oxygen atoms in total. The molecule has 0 aliphatic carbocycles. The van der Waals surface area contributed by atoms with E-state index in [2.05, 4.69) is 0 Å². The number of ether oxygens (including phenoxy) is 2. The Morgan fingerprint density at radius 1 is 1.07 bits per heavy atom. The van der Waals surface area contributed by atoms with Gasteiger partial charge < -0.3 is 13.9 Å². The fraction of sp³-hybridized carbons (Fsp3) is 0.304. The van der Waals surface area contributed by atoms with Gasteiger partial charge in [0.1, 0.15) is 23.7 Å². The number of methoxy groups -OCH3 is 1. The van der Waals surface area contributed by atoms with Gasteiger partial charge in [0.15, 0.2) is 5.78 Å². The molecular formula is C23H24O5. The third-order valence-electron chi connectivity index (χ3n) is 4.71. The Balaban J connectivity index is 2.03. The van der Waals surface area contributed by atoms with Gasteiger partial charge in [-0.2, -0.15) is 0 Å². The quantitative estimate of drug-likeness (QED) is 0.597. The highest BCUT2D eigenvalue weighted by atomic mass is 16.5. The molecule has 3 rings (SSSR count). The molecule has 28 heavy (non-hydrogen) atoms. The molecule has 0 unspecified atom stereocenters. The molecule has 3 aromatic rings. The average Bonchev–Trinajstić information content (AvgIpc) is 2.66. The molecule has 0 aliphatic rings. The molecule has 0 bridgehead atoms. The number of aryl methyl sites for hydroxylation is 1. The van der Waals surface area contributed by atoms with Crippen molar-refractivity contribution in [3.8, 4) is 22.6 Å². The van der Waals surface area contributed by atoms with Crippen LogP contribution in [0.4, 0.5) is 0 Å². The van der Waals surface area contributed by atoms with Crippen LogP contribution in [0, 0.1) is 12.3 Å². The third kappa shape index (κ3) is 3.93. The smallest absolute Gasteiger partial charge is 0.336 e. The lowest BCUT2D eigenvalue weighted by atomic mass is 9.91. The van der Waals surface area contributed by atoms with Gasteiger partial charge in [-0.1, -0.05) is 32.9 Å². The number of carbonyl (C=O) groups is 1. The van der Waals surface area contributed by atoms with E-state index in [1.807, 2.05) is 58.0 Å². The first-order valence-electron chi connectivity index (χ1n) is 9.08. The highest BCUT2D eigenvalue weighted by Gasteiger charge is 2.22. The van der Waals surface area contributed by atoms with Crippen LogP contribution in [0.3, 0.4) is 0 Å². The lowest BCUT2D eigenvalue weighted by Crippen LogP contribution is -2.26. The predicted molar refractivity (Wildman–Crippen MR) is 109 cm³/mol. The Bertz CT molecular complexity index is 1070. The third-order valence-corrected chi connectivity index (χ3v) is 4.71. The molecule has 0 fully saturated rings. The number of carbonyl (C=O) groups excluding carboxylic acids is 1. The van der Waals surface area contributed by atoms with Crippen molar-refractivity contribution in [2.45, 2.75) is 27.7 Å². The van der Waals surface area contributed by atoms with Crippen LogP contribution in [0.5, 0.6) is 11.5 Å². The Hall–Kier alpha value is -3.08. The maximum Gasteiger partial charge on any atom is 0.336 e. The first-order chi connectivity index (χ1) is 13.2. The second kappa shape index (κ2) is 7.50. The van der Waals surface area contributed by atoms with Crippen molar-refractivity contribution in [2.75, 3.05) is 13.7 Å². The van der Waals surface area contributed by atoms with Gasteiger partial charge in [0, 0.05) is 22.4 Å². The van der Waals surface area contributed by atoms with Crippen molar-refractivity contribution in [3.63, 3.8) is 0 Å². The summed E-state index contributed by atoms with van der Waals surface area (Å²) in [5, 5.41) is 0.803. The van der Waals surface area contributed by atoms with Gasteiger partial charge in [-0.15, -0.1) is 0 Å². The minimum Gasteiger partial charge on any atom is -0.497 e. The lowest BCUT2D eigenvalue weighted by Gasteiger charge is -2.18. The second-order valence-corrected chi connectivity index (χ2v) is 7.73. The minimum absolute atomic E-state index is 0.000401. The highest BCUT2D eigenvalue weighted by Crippen LogP contribution is 2.33. The average molecular weight is 380 g/mol. The van der Waals surface area contributed by atoms with E-state index in [-0.39, 0.29) is 12.4 Å². The van der Waals surface area contributed by atoms with Crippen LogP contribution in [0.25, 0.3) is 22.1 Å². The molecule has 146 valence electrons. The van der Waals surface area contributed by atoms with Crippen LogP contribution >= 0.6 is 0 Å². The van der Waals surface area contributed by atoms with E-state index in [0.29, 0.717) is 16.9 Å². The van der Waals surface area contributed by atoms with Crippen LogP contribution < -0.4 is 15.1 Å². The summed E-state index contributed by atoms with van der Waals surface area (Å²) in [5.41, 5.74) is 1.89. The number of fused-ring (bicyclic) bond motifs is 1. The van der Waals surface area contributed by atoms with E-state index < -0.39 is 11.0 Å². The molecule has 0 saturated carbocycles. The van der Waals surface area contributed by atoms with Crippen molar-refractivity contribution in [1.82, 2.24) is 0 Å². The number of rotatable bonds is 5. The zero-order chi connectivity index (χ0) is 20.5. The van der Waals surface area contributed by atoms with Crippen molar-refractivity contribution in [3.05, 3.63) is 58.4 Å². The summed E-state index contributed by atoms with van der Waals surface area (Å²) in [7, 11) is 1.61. The number of ketones is 1. The van der Waals surface area contributed by atoms with Crippen LogP contribution in [-0.4, -0.2) is 19.5 Å².